The highest BCUT2D eigenvalue weighted by molar-refractivity contribution is 4.87. The monoisotopic (exact) mass is 226 g/mol. The van der Waals surface area contributed by atoms with Gasteiger partial charge in [-0.1, -0.05) is 13.8 Å². The zero-order valence-electron chi connectivity index (χ0n) is 10.9. The average Bonchev–Trinajstić information content (AvgIpc) is 2.77. The van der Waals surface area contributed by atoms with Gasteiger partial charge in [-0.3, -0.25) is 4.90 Å². The van der Waals surface area contributed by atoms with Crippen molar-refractivity contribution in [3.63, 3.8) is 0 Å². The fourth-order valence-corrected chi connectivity index (χ4v) is 3.21. The van der Waals surface area contributed by atoms with E-state index in [1.54, 1.807) is 0 Å². The molecular formula is C13H26N2O. The summed E-state index contributed by atoms with van der Waals surface area (Å²) < 4.78 is 5.61. The summed E-state index contributed by atoms with van der Waals surface area (Å²) in [7, 11) is 0. The van der Waals surface area contributed by atoms with E-state index in [1.807, 2.05) is 0 Å². The van der Waals surface area contributed by atoms with Gasteiger partial charge in [-0.25, -0.2) is 0 Å². The molecule has 3 heteroatoms. The predicted octanol–water partition coefficient (Wildman–Crippen LogP) is 1.34. The van der Waals surface area contributed by atoms with Crippen LogP contribution in [0.3, 0.4) is 0 Å². The summed E-state index contributed by atoms with van der Waals surface area (Å²) in [6.07, 6.45) is 1.36. The van der Waals surface area contributed by atoms with Gasteiger partial charge in [0.25, 0.3) is 0 Å². The second-order valence-corrected chi connectivity index (χ2v) is 5.61. The molecule has 2 fully saturated rings. The molecule has 94 valence electrons. The average molecular weight is 226 g/mol. The number of hydrogen-bond donors (Lipinski definition) is 1. The number of nitrogens with one attached hydrogen (secondary N) is 1. The minimum atomic E-state index is 0.577. The van der Waals surface area contributed by atoms with Gasteiger partial charge >= 0.3 is 0 Å². The van der Waals surface area contributed by atoms with Gasteiger partial charge in [-0.2, -0.15) is 0 Å². The van der Waals surface area contributed by atoms with Crippen molar-refractivity contribution in [2.45, 2.75) is 39.3 Å². The largest absolute Gasteiger partial charge is 0.379 e. The molecule has 0 aromatic rings. The van der Waals surface area contributed by atoms with E-state index in [9.17, 15) is 0 Å². The molecule has 2 rings (SSSR count). The minimum absolute atomic E-state index is 0.577. The van der Waals surface area contributed by atoms with Gasteiger partial charge in [0, 0.05) is 31.1 Å². The first-order valence-electron chi connectivity index (χ1n) is 6.75. The van der Waals surface area contributed by atoms with Gasteiger partial charge in [0.05, 0.1) is 13.2 Å². The lowest BCUT2D eigenvalue weighted by Crippen LogP contribution is -2.42. The van der Waals surface area contributed by atoms with E-state index >= 15 is 0 Å². The molecule has 2 saturated heterocycles. The van der Waals surface area contributed by atoms with Crippen LogP contribution >= 0.6 is 0 Å². The highest BCUT2D eigenvalue weighted by atomic mass is 16.5. The van der Waals surface area contributed by atoms with Crippen LogP contribution in [0.15, 0.2) is 0 Å². The van der Waals surface area contributed by atoms with Crippen LogP contribution in [0.4, 0.5) is 0 Å². The van der Waals surface area contributed by atoms with Crippen molar-refractivity contribution in [3.05, 3.63) is 0 Å². The third-order valence-electron chi connectivity index (χ3n) is 4.05. The van der Waals surface area contributed by atoms with Crippen molar-refractivity contribution < 1.29 is 4.74 Å². The lowest BCUT2D eigenvalue weighted by molar-refractivity contribution is 0.164. The second-order valence-electron chi connectivity index (χ2n) is 5.61. The highest BCUT2D eigenvalue weighted by Gasteiger charge is 2.33. The maximum absolute atomic E-state index is 5.61. The summed E-state index contributed by atoms with van der Waals surface area (Å²) in [5.41, 5.74) is 0. The van der Waals surface area contributed by atoms with Crippen LogP contribution in [0, 0.1) is 11.8 Å². The molecule has 16 heavy (non-hydrogen) atoms. The number of likely N-dealkylation sites (tertiary alicyclic amines) is 1. The molecule has 4 unspecified atom stereocenters. The highest BCUT2D eigenvalue weighted by Crippen LogP contribution is 2.25. The molecule has 0 spiro atoms. The lowest BCUT2D eigenvalue weighted by atomic mass is 10.0. The third-order valence-corrected chi connectivity index (χ3v) is 4.05. The second kappa shape index (κ2) is 5.48. The van der Waals surface area contributed by atoms with Crippen molar-refractivity contribution in [2.24, 2.45) is 11.8 Å². The molecule has 0 aromatic heterocycles. The van der Waals surface area contributed by atoms with Gasteiger partial charge in [-0.05, 0) is 25.8 Å². The summed E-state index contributed by atoms with van der Waals surface area (Å²) in [5.74, 6) is 1.56. The lowest BCUT2D eigenvalue weighted by Gasteiger charge is -2.27. The Labute approximate surface area is 99.5 Å². The first-order valence-corrected chi connectivity index (χ1v) is 6.75. The van der Waals surface area contributed by atoms with E-state index in [0.29, 0.717) is 12.0 Å². The molecule has 2 aliphatic rings. The number of rotatable bonds is 4. The molecule has 0 bridgehead atoms. The van der Waals surface area contributed by atoms with Crippen LogP contribution in [-0.4, -0.2) is 49.8 Å². The number of nitrogens with zero attached hydrogens (tertiary/aromatic N) is 1. The Kier molecular flexibility index (Phi) is 4.22. The van der Waals surface area contributed by atoms with Gasteiger partial charge in [0.1, 0.15) is 0 Å². The van der Waals surface area contributed by atoms with Crippen molar-refractivity contribution in [1.29, 1.82) is 0 Å². The smallest absolute Gasteiger partial charge is 0.0623 e. The summed E-state index contributed by atoms with van der Waals surface area (Å²) in [4.78, 5) is 2.65. The van der Waals surface area contributed by atoms with Crippen molar-refractivity contribution in [1.82, 2.24) is 10.2 Å². The number of ether oxygens (including phenoxy) is 1. The first kappa shape index (κ1) is 12.3. The third kappa shape index (κ3) is 2.76. The van der Waals surface area contributed by atoms with Gasteiger partial charge in [-0.15, -0.1) is 0 Å². The van der Waals surface area contributed by atoms with Crippen LogP contribution < -0.4 is 5.32 Å². The summed E-state index contributed by atoms with van der Waals surface area (Å²) >= 11 is 0. The van der Waals surface area contributed by atoms with Crippen molar-refractivity contribution in [2.75, 3.05) is 32.8 Å². The molecule has 4 atom stereocenters. The Morgan fingerprint density at radius 1 is 1.31 bits per heavy atom. The Morgan fingerprint density at radius 2 is 2.12 bits per heavy atom. The molecule has 0 aliphatic carbocycles. The molecule has 0 radical (unpaired) electrons. The summed E-state index contributed by atoms with van der Waals surface area (Å²) in [6, 6.07) is 1.34. The van der Waals surface area contributed by atoms with Crippen molar-refractivity contribution >= 4 is 0 Å². The van der Waals surface area contributed by atoms with Gasteiger partial charge in [0.2, 0.25) is 0 Å². The fraction of sp³-hybridized carbons (Fsp3) is 1.00. The minimum Gasteiger partial charge on any atom is -0.379 e. The van der Waals surface area contributed by atoms with Gasteiger partial charge in [0.15, 0.2) is 0 Å². The Morgan fingerprint density at radius 3 is 2.75 bits per heavy atom. The van der Waals surface area contributed by atoms with E-state index in [0.717, 1.165) is 31.7 Å². The Balaban J connectivity index is 1.84. The molecule has 3 nitrogen and oxygen atoms in total. The standard InChI is InChI=1S/C13H26N2O/c1-4-14-13-9-16-8-12(13)7-15-6-10(2)5-11(15)3/h10-14H,4-9H2,1-3H3. The van der Waals surface area contributed by atoms with Crippen molar-refractivity contribution in [3.8, 4) is 0 Å². The predicted molar refractivity (Wildman–Crippen MR) is 66.6 cm³/mol. The molecule has 0 saturated carbocycles. The van der Waals surface area contributed by atoms with E-state index < -0.39 is 0 Å². The molecule has 0 amide bonds. The van der Waals surface area contributed by atoms with E-state index in [-0.39, 0.29) is 0 Å². The SMILES string of the molecule is CCNC1COCC1CN1CC(C)CC1C. The van der Waals surface area contributed by atoms with E-state index in [2.05, 4.69) is 31.0 Å². The molecule has 2 aliphatic heterocycles. The zero-order chi connectivity index (χ0) is 11.5. The Hall–Kier alpha value is -0.120. The van der Waals surface area contributed by atoms with Gasteiger partial charge < -0.3 is 10.1 Å². The molecular weight excluding hydrogens is 200 g/mol. The molecule has 1 N–H and O–H groups in total. The summed E-state index contributed by atoms with van der Waals surface area (Å²) in [5, 5.41) is 3.54. The number of likely N-dealkylation sites (N-methyl/N-ethyl adjacent to an activating group) is 1. The quantitative estimate of drug-likeness (QED) is 0.783. The molecule has 2 heterocycles. The summed E-state index contributed by atoms with van der Waals surface area (Å²) in [6.45, 7) is 12.3. The van der Waals surface area contributed by atoms with Crippen LogP contribution in [0.2, 0.25) is 0 Å². The topological polar surface area (TPSA) is 24.5 Å². The van der Waals surface area contributed by atoms with Crippen LogP contribution in [0.5, 0.6) is 0 Å². The fourth-order valence-electron chi connectivity index (χ4n) is 3.21. The first-order chi connectivity index (χ1) is 7.70. The van der Waals surface area contributed by atoms with Crippen LogP contribution in [0.1, 0.15) is 27.2 Å². The Bertz CT molecular complexity index is 222. The number of hydrogen-bond acceptors (Lipinski definition) is 3. The maximum Gasteiger partial charge on any atom is 0.0623 e. The van der Waals surface area contributed by atoms with Crippen LogP contribution in [-0.2, 0) is 4.74 Å². The maximum atomic E-state index is 5.61. The normalized spacial score (nSPS) is 40.7. The van der Waals surface area contributed by atoms with E-state index in [1.165, 1.54) is 19.5 Å². The van der Waals surface area contributed by atoms with Crippen LogP contribution in [0.25, 0.3) is 0 Å². The zero-order valence-corrected chi connectivity index (χ0v) is 10.9. The van der Waals surface area contributed by atoms with E-state index in [4.69, 9.17) is 4.74 Å². The molecule has 0 aromatic carbocycles.